The molecule has 1 aliphatic rings. The molecule has 1 aromatic heterocycles. The Labute approximate surface area is 106 Å². The molecule has 0 radical (unpaired) electrons. The lowest BCUT2D eigenvalue weighted by molar-refractivity contribution is 0.271. The standard InChI is InChI=1S/C11H17NO3S2/c1-8(6-13)10-7-16-11(12-10)5-9-3-2-4-17(9,14)15/h7-9,13H,2-6H2,1H3. The molecular weight excluding hydrogens is 258 g/mol. The molecule has 0 bridgehead atoms. The summed E-state index contributed by atoms with van der Waals surface area (Å²) in [5, 5.41) is 11.6. The quantitative estimate of drug-likeness (QED) is 0.901. The van der Waals surface area contributed by atoms with E-state index >= 15 is 0 Å². The van der Waals surface area contributed by atoms with Crippen molar-refractivity contribution in [1.29, 1.82) is 0 Å². The minimum Gasteiger partial charge on any atom is -0.396 e. The molecule has 17 heavy (non-hydrogen) atoms. The number of hydrogen-bond acceptors (Lipinski definition) is 5. The van der Waals surface area contributed by atoms with Gasteiger partial charge >= 0.3 is 0 Å². The molecule has 96 valence electrons. The molecule has 0 amide bonds. The predicted octanol–water partition coefficient (Wildman–Crippen LogP) is 1.36. The van der Waals surface area contributed by atoms with E-state index < -0.39 is 9.84 Å². The molecule has 0 aliphatic carbocycles. The van der Waals surface area contributed by atoms with Gasteiger partial charge in [-0.2, -0.15) is 0 Å². The van der Waals surface area contributed by atoms with E-state index in [2.05, 4.69) is 4.98 Å². The molecule has 1 N–H and O–H groups in total. The van der Waals surface area contributed by atoms with E-state index in [4.69, 9.17) is 5.11 Å². The van der Waals surface area contributed by atoms with Crippen molar-refractivity contribution in [2.45, 2.75) is 37.4 Å². The van der Waals surface area contributed by atoms with Crippen molar-refractivity contribution in [3.05, 3.63) is 16.1 Å². The Bertz CT molecular complexity index is 481. The summed E-state index contributed by atoms with van der Waals surface area (Å²) < 4.78 is 23.4. The van der Waals surface area contributed by atoms with Gasteiger partial charge in [0.2, 0.25) is 0 Å². The predicted molar refractivity (Wildman–Crippen MR) is 68.1 cm³/mol. The van der Waals surface area contributed by atoms with E-state index in [1.807, 2.05) is 12.3 Å². The topological polar surface area (TPSA) is 67.3 Å². The van der Waals surface area contributed by atoms with Gasteiger partial charge in [0.15, 0.2) is 9.84 Å². The van der Waals surface area contributed by atoms with E-state index in [-0.39, 0.29) is 17.8 Å². The largest absolute Gasteiger partial charge is 0.396 e. The second-order valence-electron chi connectivity index (χ2n) is 4.59. The van der Waals surface area contributed by atoms with Crippen LogP contribution in [0.15, 0.2) is 5.38 Å². The van der Waals surface area contributed by atoms with Crippen molar-refractivity contribution in [3.63, 3.8) is 0 Å². The van der Waals surface area contributed by atoms with Crippen molar-refractivity contribution in [2.75, 3.05) is 12.4 Å². The van der Waals surface area contributed by atoms with Crippen LogP contribution < -0.4 is 0 Å². The van der Waals surface area contributed by atoms with Gasteiger partial charge in [-0.25, -0.2) is 13.4 Å². The lowest BCUT2D eigenvalue weighted by Crippen LogP contribution is -2.18. The fourth-order valence-electron chi connectivity index (χ4n) is 2.02. The Balaban J connectivity index is 2.07. The van der Waals surface area contributed by atoms with Crippen LogP contribution in [0.25, 0.3) is 0 Å². The number of aliphatic hydroxyl groups is 1. The number of aliphatic hydroxyl groups excluding tert-OH is 1. The molecule has 0 aromatic carbocycles. The molecule has 2 heterocycles. The number of hydrogen-bond donors (Lipinski definition) is 1. The van der Waals surface area contributed by atoms with Gasteiger partial charge < -0.3 is 5.11 Å². The van der Waals surface area contributed by atoms with Crippen LogP contribution in [-0.4, -0.2) is 36.1 Å². The fraction of sp³-hybridized carbons (Fsp3) is 0.727. The minimum atomic E-state index is -2.88. The van der Waals surface area contributed by atoms with Crippen molar-refractivity contribution in [2.24, 2.45) is 0 Å². The lowest BCUT2D eigenvalue weighted by Gasteiger charge is -2.06. The molecule has 1 aliphatic heterocycles. The van der Waals surface area contributed by atoms with Gasteiger partial charge in [0.05, 0.1) is 28.3 Å². The first kappa shape index (κ1) is 13.0. The molecule has 0 spiro atoms. The van der Waals surface area contributed by atoms with Gasteiger partial charge in [0.1, 0.15) is 0 Å². The van der Waals surface area contributed by atoms with E-state index in [0.29, 0.717) is 12.2 Å². The molecular formula is C11H17NO3S2. The summed E-state index contributed by atoms with van der Waals surface area (Å²) in [4.78, 5) is 4.40. The zero-order valence-corrected chi connectivity index (χ0v) is 11.4. The van der Waals surface area contributed by atoms with E-state index in [0.717, 1.165) is 23.5 Å². The molecule has 1 saturated heterocycles. The van der Waals surface area contributed by atoms with Gasteiger partial charge in [-0.05, 0) is 12.8 Å². The van der Waals surface area contributed by atoms with Crippen molar-refractivity contribution >= 4 is 21.2 Å². The van der Waals surface area contributed by atoms with E-state index in [9.17, 15) is 8.42 Å². The summed E-state index contributed by atoms with van der Waals surface area (Å²) >= 11 is 1.49. The van der Waals surface area contributed by atoms with Crippen LogP contribution >= 0.6 is 11.3 Å². The summed E-state index contributed by atoms with van der Waals surface area (Å²) in [6.45, 7) is 1.98. The molecule has 0 saturated carbocycles. The Hall–Kier alpha value is -0.460. The van der Waals surface area contributed by atoms with Gasteiger partial charge in [-0.1, -0.05) is 6.92 Å². The zero-order chi connectivity index (χ0) is 12.5. The second kappa shape index (κ2) is 5.04. The zero-order valence-electron chi connectivity index (χ0n) is 9.80. The maximum Gasteiger partial charge on any atom is 0.153 e. The average Bonchev–Trinajstić information content (AvgIpc) is 2.86. The molecule has 4 nitrogen and oxygen atoms in total. The van der Waals surface area contributed by atoms with Crippen molar-refractivity contribution in [1.82, 2.24) is 4.98 Å². The third kappa shape index (κ3) is 2.86. The summed E-state index contributed by atoms with van der Waals surface area (Å²) in [6, 6.07) is 0. The molecule has 2 atom stereocenters. The Morgan fingerprint density at radius 1 is 1.65 bits per heavy atom. The SMILES string of the molecule is CC(CO)c1csc(CC2CCCS2(=O)=O)n1. The molecule has 1 aromatic rings. The maximum absolute atomic E-state index is 11.7. The Morgan fingerprint density at radius 2 is 2.41 bits per heavy atom. The fourth-order valence-corrected chi connectivity index (χ4v) is 4.96. The van der Waals surface area contributed by atoms with Crippen molar-refractivity contribution < 1.29 is 13.5 Å². The summed E-state index contributed by atoms with van der Waals surface area (Å²) in [7, 11) is -2.88. The van der Waals surface area contributed by atoms with Gasteiger partial charge in [0.25, 0.3) is 0 Å². The maximum atomic E-state index is 11.7. The highest BCUT2D eigenvalue weighted by Crippen LogP contribution is 2.26. The summed E-state index contributed by atoms with van der Waals surface area (Å²) in [5.74, 6) is 0.350. The van der Waals surface area contributed by atoms with Gasteiger partial charge in [-0.15, -0.1) is 11.3 Å². The Kier molecular flexibility index (Phi) is 3.85. The number of nitrogens with zero attached hydrogens (tertiary/aromatic N) is 1. The highest BCUT2D eigenvalue weighted by atomic mass is 32.2. The highest BCUT2D eigenvalue weighted by Gasteiger charge is 2.32. The number of rotatable bonds is 4. The van der Waals surface area contributed by atoms with Crippen LogP contribution in [0.2, 0.25) is 0 Å². The van der Waals surface area contributed by atoms with Gasteiger partial charge in [-0.3, -0.25) is 0 Å². The second-order valence-corrected chi connectivity index (χ2v) is 7.93. The van der Waals surface area contributed by atoms with Crippen LogP contribution in [0, 0.1) is 0 Å². The number of aromatic nitrogens is 1. The third-order valence-corrected chi connectivity index (χ3v) is 6.38. The van der Waals surface area contributed by atoms with Crippen LogP contribution in [0.4, 0.5) is 0 Å². The van der Waals surface area contributed by atoms with Crippen LogP contribution in [0.5, 0.6) is 0 Å². The first-order valence-corrected chi connectivity index (χ1v) is 8.39. The molecule has 1 fully saturated rings. The van der Waals surface area contributed by atoms with Crippen LogP contribution in [0.1, 0.15) is 36.4 Å². The number of sulfone groups is 1. The normalized spacial score (nSPS) is 24.9. The van der Waals surface area contributed by atoms with Gasteiger partial charge in [0, 0.05) is 17.7 Å². The van der Waals surface area contributed by atoms with E-state index in [1.54, 1.807) is 0 Å². The Morgan fingerprint density at radius 3 is 3.00 bits per heavy atom. The third-order valence-electron chi connectivity index (χ3n) is 3.21. The monoisotopic (exact) mass is 275 g/mol. The first-order valence-electron chi connectivity index (χ1n) is 5.79. The highest BCUT2D eigenvalue weighted by molar-refractivity contribution is 7.92. The van der Waals surface area contributed by atoms with Crippen molar-refractivity contribution in [3.8, 4) is 0 Å². The number of thiazole rings is 1. The minimum absolute atomic E-state index is 0.0279. The summed E-state index contributed by atoms with van der Waals surface area (Å²) in [6.07, 6.45) is 2.07. The summed E-state index contributed by atoms with van der Waals surface area (Å²) in [5.41, 5.74) is 0.864. The lowest BCUT2D eigenvalue weighted by atomic mass is 10.1. The molecule has 2 unspecified atom stereocenters. The molecule has 6 heteroatoms. The van der Waals surface area contributed by atoms with Crippen LogP contribution in [0.3, 0.4) is 0 Å². The average molecular weight is 275 g/mol. The smallest absolute Gasteiger partial charge is 0.153 e. The van der Waals surface area contributed by atoms with Crippen LogP contribution in [-0.2, 0) is 16.3 Å². The van der Waals surface area contributed by atoms with E-state index in [1.165, 1.54) is 11.3 Å². The first-order chi connectivity index (χ1) is 8.03. The molecule has 2 rings (SSSR count).